The van der Waals surface area contributed by atoms with Gasteiger partial charge in [-0.1, -0.05) is 60.7 Å². The van der Waals surface area contributed by atoms with Crippen molar-refractivity contribution in [1.82, 2.24) is 0 Å². The Labute approximate surface area is 175 Å². The summed E-state index contributed by atoms with van der Waals surface area (Å²) in [6, 6.07) is 21.3. The number of esters is 2. The molecule has 30 heavy (non-hydrogen) atoms. The van der Waals surface area contributed by atoms with E-state index in [-0.39, 0.29) is 6.42 Å². The van der Waals surface area contributed by atoms with Crippen LogP contribution in [0.15, 0.2) is 66.7 Å². The smallest absolute Gasteiger partial charge is 0.329 e. The van der Waals surface area contributed by atoms with E-state index in [0.717, 1.165) is 27.6 Å². The van der Waals surface area contributed by atoms with Crippen LogP contribution in [0.2, 0.25) is 0 Å². The van der Waals surface area contributed by atoms with Gasteiger partial charge in [0.2, 0.25) is 0 Å². The van der Waals surface area contributed by atoms with E-state index in [1.807, 2.05) is 78.7 Å². The van der Waals surface area contributed by atoms with Gasteiger partial charge in [0.05, 0.1) is 6.04 Å². The molecule has 0 aromatic heterocycles. The molecule has 152 valence electrons. The van der Waals surface area contributed by atoms with Crippen LogP contribution in [-0.4, -0.2) is 24.8 Å². The Kier molecular flexibility index (Phi) is 3.94. The van der Waals surface area contributed by atoms with Crippen LogP contribution < -0.4 is 4.90 Å². The highest BCUT2D eigenvalue weighted by Crippen LogP contribution is 2.53. The molecule has 2 aliphatic heterocycles. The van der Waals surface area contributed by atoms with Crippen LogP contribution in [0.4, 0.5) is 5.69 Å². The molecule has 3 aromatic rings. The summed E-state index contributed by atoms with van der Waals surface area (Å²) in [5.41, 5.74) is 1.33. The topological polar surface area (TPSA) is 55.8 Å². The number of nitrogens with zero attached hydrogens (tertiary/aromatic N) is 1. The largest absolute Gasteiger partial charge is 0.422 e. The molecule has 0 aliphatic carbocycles. The Morgan fingerprint density at radius 2 is 1.50 bits per heavy atom. The zero-order valence-electron chi connectivity index (χ0n) is 17.2. The molecule has 5 heteroatoms. The minimum absolute atomic E-state index is 0.231. The molecule has 0 radical (unpaired) electrons. The number of anilines is 1. The van der Waals surface area contributed by atoms with Crippen LogP contribution in [0.3, 0.4) is 0 Å². The monoisotopic (exact) mass is 401 g/mol. The maximum absolute atomic E-state index is 13.5. The Morgan fingerprint density at radius 3 is 2.27 bits per heavy atom. The zero-order valence-corrected chi connectivity index (χ0v) is 17.2. The van der Waals surface area contributed by atoms with Crippen molar-refractivity contribution in [1.29, 1.82) is 0 Å². The first-order valence-electron chi connectivity index (χ1n) is 10.1. The molecule has 3 aromatic carbocycles. The minimum Gasteiger partial charge on any atom is -0.422 e. The third-order valence-corrected chi connectivity index (χ3v) is 6.22. The van der Waals surface area contributed by atoms with Gasteiger partial charge < -0.3 is 14.4 Å². The van der Waals surface area contributed by atoms with Crippen LogP contribution in [0, 0.1) is 5.41 Å². The van der Waals surface area contributed by atoms with Crippen molar-refractivity contribution in [2.75, 3.05) is 11.9 Å². The van der Waals surface area contributed by atoms with E-state index in [4.69, 9.17) is 9.47 Å². The van der Waals surface area contributed by atoms with Gasteiger partial charge in [0, 0.05) is 33.0 Å². The third kappa shape index (κ3) is 2.54. The van der Waals surface area contributed by atoms with Gasteiger partial charge in [-0.05, 0) is 28.0 Å². The van der Waals surface area contributed by atoms with Crippen LogP contribution >= 0.6 is 0 Å². The second-order valence-electron chi connectivity index (χ2n) is 8.54. The summed E-state index contributed by atoms with van der Waals surface area (Å²) in [5.74, 6) is -2.36. The van der Waals surface area contributed by atoms with Gasteiger partial charge in [0.1, 0.15) is 0 Å². The number of hydrogen-bond acceptors (Lipinski definition) is 5. The molecule has 1 spiro atoms. The van der Waals surface area contributed by atoms with Gasteiger partial charge in [0.15, 0.2) is 5.41 Å². The number of fused-ring (bicyclic) bond motifs is 2. The van der Waals surface area contributed by atoms with Crippen LogP contribution in [0.5, 0.6) is 0 Å². The van der Waals surface area contributed by atoms with Crippen molar-refractivity contribution in [2.24, 2.45) is 5.41 Å². The lowest BCUT2D eigenvalue weighted by molar-refractivity contribution is -0.253. The molecule has 5 nitrogen and oxygen atoms in total. The molecule has 1 atom stereocenters. The fraction of sp³-hybridized carbons (Fsp3) is 0.280. The van der Waals surface area contributed by atoms with E-state index in [1.165, 1.54) is 0 Å². The predicted molar refractivity (Wildman–Crippen MR) is 114 cm³/mol. The molecule has 1 saturated heterocycles. The number of hydrogen-bond donors (Lipinski definition) is 0. The highest BCUT2D eigenvalue weighted by molar-refractivity contribution is 6.05. The maximum Gasteiger partial charge on any atom is 0.329 e. The second-order valence-corrected chi connectivity index (χ2v) is 8.54. The molecule has 2 heterocycles. The van der Waals surface area contributed by atoms with Crippen LogP contribution in [0.1, 0.15) is 31.0 Å². The number of carbonyl (C=O) groups is 2. The lowest BCUT2D eigenvalue weighted by Gasteiger charge is -2.50. The predicted octanol–water partition coefficient (Wildman–Crippen LogP) is 4.40. The number of ether oxygens (including phenoxy) is 2. The molecule has 0 bridgehead atoms. The van der Waals surface area contributed by atoms with Gasteiger partial charge in [-0.15, -0.1) is 0 Å². The van der Waals surface area contributed by atoms with Crippen molar-refractivity contribution in [3.8, 4) is 0 Å². The fourth-order valence-corrected chi connectivity index (χ4v) is 4.93. The van der Waals surface area contributed by atoms with E-state index in [0.29, 0.717) is 0 Å². The van der Waals surface area contributed by atoms with Crippen molar-refractivity contribution >= 4 is 28.4 Å². The number of rotatable bonds is 1. The molecular formula is C25H23NO4. The summed E-state index contributed by atoms with van der Waals surface area (Å²) in [7, 11) is 1.92. The third-order valence-electron chi connectivity index (χ3n) is 6.22. The Bertz CT molecular complexity index is 1160. The molecule has 1 unspecified atom stereocenters. The molecular weight excluding hydrogens is 378 g/mol. The first kappa shape index (κ1) is 18.7. The van der Waals surface area contributed by atoms with E-state index < -0.39 is 29.2 Å². The fourth-order valence-electron chi connectivity index (χ4n) is 4.93. The molecule has 2 aliphatic rings. The molecule has 0 saturated carbocycles. The van der Waals surface area contributed by atoms with Gasteiger partial charge in [-0.25, -0.2) is 0 Å². The number of benzene rings is 3. The van der Waals surface area contributed by atoms with E-state index in [9.17, 15) is 9.59 Å². The van der Waals surface area contributed by atoms with E-state index in [2.05, 4.69) is 0 Å². The summed E-state index contributed by atoms with van der Waals surface area (Å²) >= 11 is 0. The van der Waals surface area contributed by atoms with Crippen LogP contribution in [0.25, 0.3) is 10.8 Å². The quantitative estimate of drug-likeness (QED) is 0.447. The zero-order chi connectivity index (χ0) is 21.1. The Hall–Kier alpha value is -3.34. The van der Waals surface area contributed by atoms with Gasteiger partial charge >= 0.3 is 11.9 Å². The average molecular weight is 401 g/mol. The highest BCUT2D eigenvalue weighted by atomic mass is 16.7. The highest BCUT2D eigenvalue weighted by Gasteiger charge is 2.64. The maximum atomic E-state index is 13.5. The Balaban J connectivity index is 1.80. The number of carbonyl (C=O) groups excluding carboxylic acids is 2. The normalized spacial score (nSPS) is 21.8. The first-order chi connectivity index (χ1) is 14.3. The molecule has 5 rings (SSSR count). The lowest BCUT2D eigenvalue weighted by Crippen LogP contribution is -2.61. The summed E-state index contributed by atoms with van der Waals surface area (Å²) in [5, 5.41) is 2.05. The number of cyclic esters (lactones) is 2. The standard InChI is InChI=1S/C25H23NO4/c1-24(2)29-22(27)25(23(28)30-24)15-17-10-5-7-14-20(17)26(3)21(25)19-13-8-11-16-9-4-6-12-18(16)19/h4-14,21H,15H2,1-3H3. The van der Waals surface area contributed by atoms with Gasteiger partial charge in [0.25, 0.3) is 5.79 Å². The lowest BCUT2D eigenvalue weighted by atomic mass is 9.67. The van der Waals surface area contributed by atoms with Crippen molar-refractivity contribution in [3.63, 3.8) is 0 Å². The summed E-state index contributed by atoms with van der Waals surface area (Å²) < 4.78 is 11.3. The van der Waals surface area contributed by atoms with Crippen molar-refractivity contribution < 1.29 is 19.1 Å². The second kappa shape index (κ2) is 6.33. The van der Waals surface area contributed by atoms with Gasteiger partial charge in [-0.3, -0.25) is 9.59 Å². The van der Waals surface area contributed by atoms with E-state index >= 15 is 0 Å². The SMILES string of the molecule is CN1c2ccccc2CC2(C(=O)OC(C)(C)OC2=O)C1c1cccc2ccccc12. The molecule has 0 N–H and O–H groups in total. The van der Waals surface area contributed by atoms with Gasteiger partial charge in [-0.2, -0.15) is 0 Å². The average Bonchev–Trinajstić information content (AvgIpc) is 2.71. The van der Waals surface area contributed by atoms with E-state index in [1.54, 1.807) is 13.8 Å². The summed E-state index contributed by atoms with van der Waals surface area (Å²) in [6.07, 6.45) is 0.231. The summed E-state index contributed by atoms with van der Waals surface area (Å²) in [6.45, 7) is 3.17. The molecule has 0 amide bonds. The first-order valence-corrected chi connectivity index (χ1v) is 10.1. The van der Waals surface area contributed by atoms with Crippen molar-refractivity contribution in [3.05, 3.63) is 77.9 Å². The van der Waals surface area contributed by atoms with Crippen molar-refractivity contribution in [2.45, 2.75) is 32.1 Å². The molecule has 1 fully saturated rings. The minimum atomic E-state index is -1.48. The summed E-state index contributed by atoms with van der Waals surface area (Å²) in [4.78, 5) is 29.1. The number of para-hydroxylation sites is 1. The van der Waals surface area contributed by atoms with Crippen LogP contribution in [-0.2, 0) is 25.5 Å². The Morgan fingerprint density at radius 1 is 0.867 bits per heavy atom.